The maximum Gasteiger partial charge on any atom is 0.313 e. The molecule has 98 valence electrons. The molecule has 17 heavy (non-hydrogen) atoms. The van der Waals surface area contributed by atoms with Gasteiger partial charge in [-0.05, 0) is 6.42 Å². The lowest BCUT2D eigenvalue weighted by atomic mass is 10.1. The summed E-state index contributed by atoms with van der Waals surface area (Å²) in [6, 6.07) is 0. The van der Waals surface area contributed by atoms with Crippen molar-refractivity contribution in [2.75, 3.05) is 6.61 Å². The third-order valence-corrected chi connectivity index (χ3v) is 2.39. The van der Waals surface area contributed by atoms with Crippen molar-refractivity contribution in [1.82, 2.24) is 0 Å². The van der Waals surface area contributed by atoms with Gasteiger partial charge in [0, 0.05) is 6.42 Å². The van der Waals surface area contributed by atoms with Gasteiger partial charge in [0.1, 0.15) is 12.2 Å². The fourth-order valence-corrected chi connectivity index (χ4v) is 1.33. The Morgan fingerprint density at radius 1 is 0.882 bits per heavy atom. The first kappa shape index (κ1) is 15.8. The number of carbonyl (C=O) groups is 3. The van der Waals surface area contributed by atoms with Crippen LogP contribution in [-0.4, -0.2) is 24.1 Å². The Labute approximate surface area is 103 Å². The fraction of sp³-hybridized carbons (Fsp3) is 0.769. The minimum atomic E-state index is -0.518. The lowest BCUT2D eigenvalue weighted by Crippen LogP contribution is -2.14. The number of hydrogen-bond acceptors (Lipinski definition) is 4. The average Bonchev–Trinajstić information content (AvgIpc) is 2.28. The molecule has 0 saturated heterocycles. The number of ketones is 2. The maximum atomic E-state index is 11.2. The van der Waals surface area contributed by atoms with Crippen molar-refractivity contribution in [3.63, 3.8) is 0 Å². The second-order valence-corrected chi connectivity index (χ2v) is 4.07. The van der Waals surface area contributed by atoms with Crippen LogP contribution in [0.25, 0.3) is 0 Å². The molecule has 0 unspecified atom stereocenters. The molecule has 0 aromatic carbocycles. The highest BCUT2D eigenvalue weighted by atomic mass is 16.5. The van der Waals surface area contributed by atoms with Crippen LogP contribution in [0.2, 0.25) is 0 Å². The van der Waals surface area contributed by atoms with Crippen LogP contribution in [0.1, 0.15) is 58.8 Å². The van der Waals surface area contributed by atoms with Gasteiger partial charge in [0.2, 0.25) is 0 Å². The Kier molecular flexibility index (Phi) is 9.30. The van der Waals surface area contributed by atoms with Gasteiger partial charge in [-0.2, -0.15) is 0 Å². The molecule has 0 aliphatic rings. The Balaban J connectivity index is 3.57. The molecule has 0 spiro atoms. The second-order valence-electron chi connectivity index (χ2n) is 4.07. The first-order valence-electron chi connectivity index (χ1n) is 6.29. The van der Waals surface area contributed by atoms with Crippen LogP contribution >= 0.6 is 0 Å². The molecule has 0 aromatic heterocycles. The molecule has 4 heteroatoms. The van der Waals surface area contributed by atoms with Gasteiger partial charge in [-0.25, -0.2) is 0 Å². The molecular formula is C13H22O4. The van der Waals surface area contributed by atoms with E-state index in [1.165, 1.54) is 0 Å². The monoisotopic (exact) mass is 242 g/mol. The van der Waals surface area contributed by atoms with Crippen LogP contribution < -0.4 is 0 Å². The van der Waals surface area contributed by atoms with Crippen molar-refractivity contribution in [3.8, 4) is 0 Å². The van der Waals surface area contributed by atoms with Gasteiger partial charge in [0.25, 0.3) is 0 Å². The topological polar surface area (TPSA) is 60.4 Å². The van der Waals surface area contributed by atoms with E-state index in [4.69, 9.17) is 4.74 Å². The van der Waals surface area contributed by atoms with Crippen molar-refractivity contribution < 1.29 is 19.1 Å². The predicted molar refractivity (Wildman–Crippen MR) is 64.6 cm³/mol. The quantitative estimate of drug-likeness (QED) is 0.335. The number of hydrogen-bond donors (Lipinski definition) is 0. The molecule has 0 bridgehead atoms. The summed E-state index contributed by atoms with van der Waals surface area (Å²) < 4.78 is 4.90. The molecule has 0 rings (SSSR count). The maximum absolute atomic E-state index is 11.2. The van der Waals surface area contributed by atoms with Gasteiger partial charge in [-0.15, -0.1) is 0 Å². The summed E-state index contributed by atoms with van der Waals surface area (Å²) in [5.74, 6) is -1.00. The van der Waals surface area contributed by atoms with Crippen LogP contribution in [0.15, 0.2) is 0 Å². The summed E-state index contributed by atoms with van der Waals surface area (Å²) in [7, 11) is 0. The molecule has 0 radical (unpaired) electrons. The summed E-state index contributed by atoms with van der Waals surface area (Å²) in [6.45, 7) is 4.17. The highest BCUT2D eigenvalue weighted by Gasteiger charge is 2.13. The zero-order valence-corrected chi connectivity index (χ0v) is 10.8. The Hall–Kier alpha value is -1.19. The second kappa shape index (κ2) is 10.00. The summed E-state index contributed by atoms with van der Waals surface area (Å²) in [6.07, 6.45) is 4.03. The van der Waals surface area contributed by atoms with E-state index < -0.39 is 5.97 Å². The third-order valence-electron chi connectivity index (χ3n) is 2.39. The molecule has 0 aliphatic heterocycles. The van der Waals surface area contributed by atoms with E-state index >= 15 is 0 Å². The summed E-state index contributed by atoms with van der Waals surface area (Å²) in [5.41, 5.74) is 0. The standard InChI is InChI=1S/C13H22O4/c1-3-5-6-7-8-17-13(16)10-12(15)9-11(14)4-2/h3-10H2,1-2H3. The highest BCUT2D eigenvalue weighted by Crippen LogP contribution is 2.01. The molecule has 0 N–H and O–H groups in total. The van der Waals surface area contributed by atoms with Gasteiger partial charge in [0.05, 0.1) is 13.0 Å². The first-order chi connectivity index (χ1) is 8.10. The van der Waals surface area contributed by atoms with Crippen molar-refractivity contribution in [3.05, 3.63) is 0 Å². The molecular weight excluding hydrogens is 220 g/mol. The average molecular weight is 242 g/mol. The lowest BCUT2D eigenvalue weighted by molar-refractivity contribution is -0.146. The molecule has 0 heterocycles. The van der Waals surface area contributed by atoms with Gasteiger partial charge >= 0.3 is 5.97 Å². The zero-order valence-electron chi connectivity index (χ0n) is 10.8. The van der Waals surface area contributed by atoms with Crippen molar-refractivity contribution in [1.29, 1.82) is 0 Å². The van der Waals surface area contributed by atoms with Gasteiger partial charge in [0.15, 0.2) is 5.78 Å². The van der Waals surface area contributed by atoms with E-state index in [9.17, 15) is 14.4 Å². The molecule has 0 aromatic rings. The van der Waals surface area contributed by atoms with Crippen LogP contribution in [0.5, 0.6) is 0 Å². The SMILES string of the molecule is CCCCCCOC(=O)CC(=O)CC(=O)CC. The fourth-order valence-electron chi connectivity index (χ4n) is 1.33. The van der Waals surface area contributed by atoms with Crippen LogP contribution in [-0.2, 0) is 19.1 Å². The van der Waals surface area contributed by atoms with E-state index in [1.807, 2.05) is 0 Å². The Bertz CT molecular complexity index is 258. The molecule has 0 fully saturated rings. The minimum absolute atomic E-state index is 0.134. The van der Waals surface area contributed by atoms with E-state index in [0.717, 1.165) is 25.7 Å². The van der Waals surface area contributed by atoms with Crippen LogP contribution in [0, 0.1) is 0 Å². The summed E-state index contributed by atoms with van der Waals surface area (Å²) in [4.78, 5) is 33.4. The van der Waals surface area contributed by atoms with E-state index in [0.29, 0.717) is 13.0 Å². The number of ether oxygens (including phenoxy) is 1. The zero-order chi connectivity index (χ0) is 13.1. The highest BCUT2D eigenvalue weighted by molar-refractivity contribution is 6.05. The van der Waals surface area contributed by atoms with E-state index in [-0.39, 0.29) is 24.4 Å². The van der Waals surface area contributed by atoms with Gasteiger partial charge in [-0.1, -0.05) is 33.1 Å². The molecule has 0 saturated carbocycles. The summed E-state index contributed by atoms with van der Waals surface area (Å²) >= 11 is 0. The third kappa shape index (κ3) is 9.72. The molecule has 4 nitrogen and oxygen atoms in total. The smallest absolute Gasteiger partial charge is 0.313 e. The predicted octanol–water partition coefficient (Wildman–Crippen LogP) is 2.44. The Morgan fingerprint density at radius 2 is 1.59 bits per heavy atom. The first-order valence-corrected chi connectivity index (χ1v) is 6.29. The molecule has 0 aliphatic carbocycles. The number of Topliss-reactive ketones (excluding diaryl/α,β-unsaturated/α-hetero) is 2. The van der Waals surface area contributed by atoms with Crippen molar-refractivity contribution >= 4 is 17.5 Å². The van der Waals surface area contributed by atoms with E-state index in [1.54, 1.807) is 6.92 Å². The molecule has 0 amide bonds. The van der Waals surface area contributed by atoms with Gasteiger partial charge < -0.3 is 4.74 Å². The lowest BCUT2D eigenvalue weighted by Gasteiger charge is -2.03. The minimum Gasteiger partial charge on any atom is -0.465 e. The van der Waals surface area contributed by atoms with Crippen LogP contribution in [0.3, 0.4) is 0 Å². The number of carbonyl (C=O) groups excluding carboxylic acids is 3. The number of esters is 1. The van der Waals surface area contributed by atoms with Crippen molar-refractivity contribution in [2.45, 2.75) is 58.8 Å². The van der Waals surface area contributed by atoms with Crippen LogP contribution in [0.4, 0.5) is 0 Å². The largest absolute Gasteiger partial charge is 0.465 e. The number of rotatable bonds is 10. The van der Waals surface area contributed by atoms with Crippen molar-refractivity contribution in [2.24, 2.45) is 0 Å². The summed E-state index contributed by atoms with van der Waals surface area (Å²) in [5, 5.41) is 0. The number of unbranched alkanes of at least 4 members (excludes halogenated alkanes) is 3. The Morgan fingerprint density at radius 3 is 2.18 bits per heavy atom. The molecule has 0 atom stereocenters. The van der Waals surface area contributed by atoms with Gasteiger partial charge in [-0.3, -0.25) is 14.4 Å². The van der Waals surface area contributed by atoms with E-state index in [2.05, 4.69) is 6.92 Å². The normalized spacial score (nSPS) is 10.0.